The lowest BCUT2D eigenvalue weighted by atomic mass is 10.3. The topological polar surface area (TPSA) is 43.9 Å². The normalized spacial score (nSPS) is 18.2. The number of hydrogen-bond acceptors (Lipinski definition) is 2. The largest absolute Gasteiger partial charge is 0.338 e. The zero-order valence-corrected chi connectivity index (χ0v) is 10.7. The molecule has 1 rings (SSSR count). The van der Waals surface area contributed by atoms with Crippen LogP contribution in [0.1, 0.15) is 6.92 Å². The molecule has 16 heavy (non-hydrogen) atoms. The van der Waals surface area contributed by atoms with E-state index in [-0.39, 0.29) is 11.9 Å². The summed E-state index contributed by atoms with van der Waals surface area (Å²) in [5, 5.41) is -0.490. The lowest BCUT2D eigenvalue weighted by Gasteiger charge is -2.36. The molecule has 3 amide bonds. The van der Waals surface area contributed by atoms with E-state index < -0.39 is 5.38 Å². The van der Waals surface area contributed by atoms with Gasteiger partial charge in [-0.3, -0.25) is 4.79 Å². The van der Waals surface area contributed by atoms with Crippen molar-refractivity contribution in [2.24, 2.45) is 0 Å². The average Bonchev–Trinajstić information content (AvgIpc) is 2.27. The SMILES string of the molecule is CC(Cl)C(=O)N1CCN(C(=O)N(C)C)CC1. The van der Waals surface area contributed by atoms with Crippen LogP contribution in [0.3, 0.4) is 0 Å². The molecule has 1 fully saturated rings. The Labute approximate surface area is 101 Å². The van der Waals surface area contributed by atoms with Gasteiger partial charge in [-0.2, -0.15) is 0 Å². The van der Waals surface area contributed by atoms with Gasteiger partial charge in [-0.15, -0.1) is 11.6 Å². The van der Waals surface area contributed by atoms with E-state index >= 15 is 0 Å². The molecule has 0 spiro atoms. The second-order valence-electron chi connectivity index (χ2n) is 4.11. The van der Waals surface area contributed by atoms with Crippen molar-refractivity contribution in [3.8, 4) is 0 Å². The molecule has 1 heterocycles. The molecule has 0 aromatic heterocycles. The molecule has 0 N–H and O–H groups in total. The van der Waals surface area contributed by atoms with Gasteiger partial charge in [-0.05, 0) is 6.92 Å². The second kappa shape index (κ2) is 5.39. The molecule has 0 aliphatic carbocycles. The van der Waals surface area contributed by atoms with E-state index in [1.165, 1.54) is 0 Å². The minimum Gasteiger partial charge on any atom is -0.338 e. The Kier molecular flexibility index (Phi) is 4.41. The first-order valence-corrected chi connectivity index (χ1v) is 5.76. The van der Waals surface area contributed by atoms with Gasteiger partial charge >= 0.3 is 6.03 Å². The highest BCUT2D eigenvalue weighted by Crippen LogP contribution is 2.08. The number of piperazine rings is 1. The van der Waals surface area contributed by atoms with Gasteiger partial charge in [0.15, 0.2) is 0 Å². The number of hydrogen-bond donors (Lipinski definition) is 0. The summed E-state index contributed by atoms with van der Waals surface area (Å²) >= 11 is 5.73. The summed E-state index contributed by atoms with van der Waals surface area (Å²) < 4.78 is 0. The quantitative estimate of drug-likeness (QED) is 0.631. The van der Waals surface area contributed by atoms with Gasteiger partial charge in [-0.1, -0.05) is 0 Å². The summed E-state index contributed by atoms with van der Waals surface area (Å²) in [6, 6.07) is -0.00831. The number of carbonyl (C=O) groups is 2. The number of amides is 3. The highest BCUT2D eigenvalue weighted by molar-refractivity contribution is 6.30. The molecule has 1 aliphatic heterocycles. The number of rotatable bonds is 1. The van der Waals surface area contributed by atoms with Crippen molar-refractivity contribution in [1.82, 2.24) is 14.7 Å². The standard InChI is InChI=1S/C10H18ClN3O2/c1-8(11)9(15)13-4-6-14(7-5-13)10(16)12(2)3/h8H,4-7H2,1-3H3. The highest BCUT2D eigenvalue weighted by atomic mass is 35.5. The highest BCUT2D eigenvalue weighted by Gasteiger charge is 2.26. The molecule has 1 atom stereocenters. The Morgan fingerprint density at radius 1 is 1.12 bits per heavy atom. The molecule has 0 aromatic rings. The maximum absolute atomic E-state index is 11.6. The molecule has 5 nitrogen and oxygen atoms in total. The number of halogens is 1. The summed E-state index contributed by atoms with van der Waals surface area (Å²) in [7, 11) is 3.45. The predicted octanol–water partition coefficient (Wildman–Crippen LogP) is 0.440. The smallest absolute Gasteiger partial charge is 0.319 e. The van der Waals surface area contributed by atoms with Crippen LogP contribution in [0.2, 0.25) is 0 Å². The second-order valence-corrected chi connectivity index (χ2v) is 4.76. The van der Waals surface area contributed by atoms with Crippen molar-refractivity contribution >= 4 is 23.5 Å². The fraction of sp³-hybridized carbons (Fsp3) is 0.800. The van der Waals surface area contributed by atoms with E-state index in [9.17, 15) is 9.59 Å². The van der Waals surface area contributed by atoms with Crippen LogP contribution in [0.15, 0.2) is 0 Å². The molecule has 0 aromatic carbocycles. The number of urea groups is 1. The molecule has 0 saturated carbocycles. The molecule has 1 unspecified atom stereocenters. The number of nitrogens with zero attached hydrogens (tertiary/aromatic N) is 3. The van der Waals surface area contributed by atoms with E-state index in [0.717, 1.165) is 0 Å². The Morgan fingerprint density at radius 3 is 1.94 bits per heavy atom. The fourth-order valence-electron chi connectivity index (χ4n) is 1.65. The van der Waals surface area contributed by atoms with Crippen LogP contribution in [0.5, 0.6) is 0 Å². The molecular formula is C10H18ClN3O2. The molecule has 0 bridgehead atoms. The van der Waals surface area contributed by atoms with Crippen molar-refractivity contribution in [2.75, 3.05) is 40.3 Å². The average molecular weight is 248 g/mol. The van der Waals surface area contributed by atoms with Crippen LogP contribution in [0, 0.1) is 0 Å². The lowest BCUT2D eigenvalue weighted by molar-refractivity contribution is -0.131. The van der Waals surface area contributed by atoms with Crippen LogP contribution in [-0.4, -0.2) is 72.3 Å². The van der Waals surface area contributed by atoms with Crippen molar-refractivity contribution in [3.05, 3.63) is 0 Å². The van der Waals surface area contributed by atoms with Gasteiger partial charge in [0.1, 0.15) is 5.38 Å². The zero-order chi connectivity index (χ0) is 12.3. The summed E-state index contributed by atoms with van der Waals surface area (Å²) in [5.74, 6) is -0.0568. The maximum Gasteiger partial charge on any atom is 0.319 e. The van der Waals surface area contributed by atoms with Gasteiger partial charge in [0, 0.05) is 40.3 Å². The molecule has 1 saturated heterocycles. The van der Waals surface area contributed by atoms with Crippen molar-refractivity contribution in [3.63, 3.8) is 0 Å². The molecular weight excluding hydrogens is 230 g/mol. The number of carbonyl (C=O) groups excluding carboxylic acids is 2. The Balaban J connectivity index is 2.45. The van der Waals surface area contributed by atoms with Crippen LogP contribution < -0.4 is 0 Å². The van der Waals surface area contributed by atoms with Crippen molar-refractivity contribution < 1.29 is 9.59 Å². The van der Waals surface area contributed by atoms with Gasteiger partial charge in [0.2, 0.25) is 5.91 Å². The molecule has 0 radical (unpaired) electrons. The van der Waals surface area contributed by atoms with Crippen molar-refractivity contribution in [1.29, 1.82) is 0 Å². The van der Waals surface area contributed by atoms with Gasteiger partial charge in [-0.25, -0.2) is 4.79 Å². The van der Waals surface area contributed by atoms with E-state index in [2.05, 4.69) is 0 Å². The Hall–Kier alpha value is -0.970. The van der Waals surface area contributed by atoms with E-state index in [1.54, 1.807) is 35.7 Å². The Bertz CT molecular complexity index is 245. The van der Waals surface area contributed by atoms with E-state index in [0.29, 0.717) is 26.2 Å². The van der Waals surface area contributed by atoms with Crippen LogP contribution in [0.4, 0.5) is 4.79 Å². The monoisotopic (exact) mass is 247 g/mol. The van der Waals surface area contributed by atoms with Crippen LogP contribution in [0.25, 0.3) is 0 Å². The van der Waals surface area contributed by atoms with Crippen LogP contribution in [-0.2, 0) is 4.79 Å². The predicted molar refractivity (Wildman–Crippen MR) is 62.6 cm³/mol. The van der Waals surface area contributed by atoms with E-state index in [1.807, 2.05) is 0 Å². The third kappa shape index (κ3) is 3.01. The summed E-state index contributed by atoms with van der Waals surface area (Å²) in [4.78, 5) is 28.2. The van der Waals surface area contributed by atoms with Gasteiger partial charge in [0.05, 0.1) is 0 Å². The fourth-order valence-corrected chi connectivity index (χ4v) is 1.79. The first kappa shape index (κ1) is 13.1. The number of alkyl halides is 1. The van der Waals surface area contributed by atoms with Crippen LogP contribution >= 0.6 is 11.6 Å². The zero-order valence-electron chi connectivity index (χ0n) is 9.94. The van der Waals surface area contributed by atoms with Gasteiger partial charge < -0.3 is 14.7 Å². The first-order chi connectivity index (χ1) is 7.43. The first-order valence-electron chi connectivity index (χ1n) is 5.32. The summed E-state index contributed by atoms with van der Waals surface area (Å²) in [6.45, 7) is 3.95. The third-order valence-corrected chi connectivity index (χ3v) is 2.77. The minimum absolute atomic E-state index is 0.00831. The molecule has 6 heteroatoms. The third-order valence-electron chi connectivity index (χ3n) is 2.58. The summed E-state index contributed by atoms with van der Waals surface area (Å²) in [5.41, 5.74) is 0. The minimum atomic E-state index is -0.490. The Morgan fingerprint density at radius 2 is 1.56 bits per heavy atom. The van der Waals surface area contributed by atoms with Gasteiger partial charge in [0.25, 0.3) is 0 Å². The van der Waals surface area contributed by atoms with Crippen molar-refractivity contribution in [2.45, 2.75) is 12.3 Å². The maximum atomic E-state index is 11.6. The molecule has 1 aliphatic rings. The van der Waals surface area contributed by atoms with E-state index in [4.69, 9.17) is 11.6 Å². The summed E-state index contributed by atoms with van der Waals surface area (Å²) in [6.07, 6.45) is 0. The molecule has 92 valence electrons. The lowest BCUT2D eigenvalue weighted by Crippen LogP contribution is -2.53.